The monoisotopic (exact) mass is 467 g/mol. The van der Waals surface area contributed by atoms with Gasteiger partial charge in [0.2, 0.25) is 5.13 Å². The normalized spacial score (nSPS) is 12.4. The Hall–Kier alpha value is -2.93. The van der Waals surface area contributed by atoms with Gasteiger partial charge in [0.15, 0.2) is 4.34 Å². The van der Waals surface area contributed by atoms with Crippen molar-refractivity contribution in [1.82, 2.24) is 14.8 Å². The maximum absolute atomic E-state index is 12.7. The summed E-state index contributed by atoms with van der Waals surface area (Å²) in [6.07, 6.45) is 1.61. The van der Waals surface area contributed by atoms with Gasteiger partial charge in [-0.3, -0.25) is 10.1 Å². The minimum atomic E-state index is -0.502. The number of benzene rings is 1. The zero-order chi connectivity index (χ0) is 23.1. The molecule has 3 rings (SSSR count). The zero-order valence-electron chi connectivity index (χ0n) is 18.5. The molecule has 0 saturated heterocycles. The molecule has 2 heterocycles. The molecule has 0 saturated carbocycles. The molecule has 32 heavy (non-hydrogen) atoms. The van der Waals surface area contributed by atoms with E-state index in [-0.39, 0.29) is 11.6 Å². The minimum absolute atomic E-state index is 0.0123. The molecule has 0 aliphatic carbocycles. The van der Waals surface area contributed by atoms with Crippen LogP contribution < -0.4 is 5.32 Å². The van der Waals surface area contributed by atoms with Crippen LogP contribution in [-0.4, -0.2) is 34.4 Å². The fraction of sp³-hybridized carbons (Fsp3) is 0.304. The zero-order valence-corrected chi connectivity index (χ0v) is 20.1. The van der Waals surface area contributed by atoms with Crippen molar-refractivity contribution < 1.29 is 9.53 Å². The van der Waals surface area contributed by atoms with Crippen molar-refractivity contribution in [2.75, 3.05) is 19.0 Å². The van der Waals surface area contributed by atoms with Gasteiger partial charge in [0.1, 0.15) is 11.6 Å². The summed E-state index contributed by atoms with van der Waals surface area (Å²) < 4.78 is 8.16. The smallest absolute Gasteiger partial charge is 0.268 e. The van der Waals surface area contributed by atoms with Gasteiger partial charge < -0.3 is 9.30 Å². The van der Waals surface area contributed by atoms with E-state index >= 15 is 0 Å². The third-order valence-corrected chi connectivity index (χ3v) is 6.91. The number of amides is 1. The second-order valence-electron chi connectivity index (χ2n) is 7.27. The van der Waals surface area contributed by atoms with E-state index in [1.165, 1.54) is 16.9 Å². The molecule has 1 amide bonds. The first-order valence-electron chi connectivity index (χ1n) is 10.0. The summed E-state index contributed by atoms with van der Waals surface area (Å²) in [6, 6.07) is 14.2. The summed E-state index contributed by atoms with van der Waals surface area (Å²) in [5, 5.41) is 20.8. The molecule has 0 radical (unpaired) electrons. The van der Waals surface area contributed by atoms with E-state index < -0.39 is 5.91 Å². The molecule has 1 atom stereocenters. The minimum Gasteiger partial charge on any atom is -0.383 e. The summed E-state index contributed by atoms with van der Waals surface area (Å²) in [5.41, 5.74) is 4.04. The van der Waals surface area contributed by atoms with Gasteiger partial charge in [-0.1, -0.05) is 53.4 Å². The lowest BCUT2D eigenvalue weighted by molar-refractivity contribution is -0.112. The number of nitriles is 1. The maximum Gasteiger partial charge on any atom is 0.268 e. The number of nitrogens with one attached hydrogen (secondary N) is 1. The Morgan fingerprint density at radius 1 is 1.34 bits per heavy atom. The molecule has 166 valence electrons. The summed E-state index contributed by atoms with van der Waals surface area (Å²) >= 11 is 2.84. The van der Waals surface area contributed by atoms with Gasteiger partial charge in [-0.2, -0.15) is 5.26 Å². The first-order valence-corrected chi connectivity index (χ1v) is 11.8. The number of hydrogen-bond donors (Lipinski definition) is 1. The quantitative estimate of drug-likeness (QED) is 0.206. The number of carbonyl (C=O) groups is 1. The molecule has 0 aliphatic rings. The highest BCUT2D eigenvalue weighted by Gasteiger charge is 2.17. The van der Waals surface area contributed by atoms with E-state index in [0.29, 0.717) is 11.7 Å². The van der Waals surface area contributed by atoms with Gasteiger partial charge in [0, 0.05) is 24.3 Å². The Labute approximate surface area is 196 Å². The van der Waals surface area contributed by atoms with Gasteiger partial charge >= 0.3 is 0 Å². The van der Waals surface area contributed by atoms with Crippen molar-refractivity contribution in [3.05, 3.63) is 64.5 Å². The van der Waals surface area contributed by atoms with Gasteiger partial charge in [0.05, 0.1) is 12.6 Å². The number of nitrogens with zero attached hydrogens (tertiary/aromatic N) is 4. The summed E-state index contributed by atoms with van der Waals surface area (Å²) in [5.74, 6) is 0.266. The fourth-order valence-electron chi connectivity index (χ4n) is 3.45. The lowest BCUT2D eigenvalue weighted by atomic mass is 10.1. The summed E-state index contributed by atoms with van der Waals surface area (Å²) in [6.45, 7) is 6.61. The van der Waals surface area contributed by atoms with Gasteiger partial charge in [-0.05, 0) is 44.0 Å². The van der Waals surface area contributed by atoms with Crippen molar-refractivity contribution in [2.24, 2.45) is 0 Å². The van der Waals surface area contributed by atoms with Crippen LogP contribution in [0.4, 0.5) is 5.13 Å². The average molecular weight is 468 g/mol. The summed E-state index contributed by atoms with van der Waals surface area (Å²) in [7, 11) is 1.67. The van der Waals surface area contributed by atoms with Crippen LogP contribution in [0.3, 0.4) is 0 Å². The number of methoxy groups -OCH3 is 1. The molecule has 2 aromatic heterocycles. The van der Waals surface area contributed by atoms with Crippen LogP contribution >= 0.6 is 23.1 Å². The lowest BCUT2D eigenvalue weighted by Crippen LogP contribution is -2.14. The topological polar surface area (TPSA) is 92.8 Å². The Morgan fingerprint density at radius 2 is 2.09 bits per heavy atom. The molecule has 3 aromatic rings. The average Bonchev–Trinajstić information content (AvgIpc) is 3.34. The largest absolute Gasteiger partial charge is 0.383 e. The number of carbonyl (C=O) groups excluding carboxylic acids is 1. The molecular formula is C23H25N5O2S2. The molecule has 7 nitrogen and oxygen atoms in total. The number of anilines is 1. The highest BCUT2D eigenvalue weighted by atomic mass is 32.2. The Kier molecular flexibility index (Phi) is 8.22. The molecule has 0 aliphatic heterocycles. The second kappa shape index (κ2) is 11.1. The van der Waals surface area contributed by atoms with Gasteiger partial charge in [-0.25, -0.2) is 0 Å². The predicted molar refractivity (Wildman–Crippen MR) is 129 cm³/mol. The maximum atomic E-state index is 12.7. The first-order chi connectivity index (χ1) is 15.4. The Balaban J connectivity index is 1.69. The van der Waals surface area contributed by atoms with Crippen molar-refractivity contribution >= 4 is 40.2 Å². The van der Waals surface area contributed by atoms with Crippen LogP contribution in [0.2, 0.25) is 0 Å². The Bertz CT molecular complexity index is 1150. The number of aryl methyl sites for hydroxylation is 1. The standard InChI is InChI=1S/C23H25N5O2S2/c1-15-10-19(17(3)28(15)16(2)13-30-4)11-20(12-24)21(29)25-22-26-27-23(32-22)31-14-18-8-6-5-7-9-18/h5-11,16H,13-14H2,1-4H3,(H,25,26,29)/b20-11-. The summed E-state index contributed by atoms with van der Waals surface area (Å²) in [4.78, 5) is 12.7. The van der Waals surface area contributed by atoms with Crippen molar-refractivity contribution in [1.29, 1.82) is 5.26 Å². The van der Waals surface area contributed by atoms with Crippen LogP contribution in [0.15, 0.2) is 46.3 Å². The van der Waals surface area contributed by atoms with E-state index in [4.69, 9.17) is 4.74 Å². The van der Waals surface area contributed by atoms with Crippen LogP contribution in [0.1, 0.15) is 35.5 Å². The lowest BCUT2D eigenvalue weighted by Gasteiger charge is -2.17. The van der Waals surface area contributed by atoms with E-state index in [1.807, 2.05) is 56.3 Å². The molecule has 9 heteroatoms. The molecule has 0 bridgehead atoms. The predicted octanol–water partition coefficient (Wildman–Crippen LogP) is 5.00. The molecule has 1 aromatic carbocycles. The van der Waals surface area contributed by atoms with E-state index in [9.17, 15) is 10.1 Å². The third kappa shape index (κ3) is 5.85. The molecule has 0 spiro atoms. The molecule has 1 unspecified atom stereocenters. The highest BCUT2D eigenvalue weighted by Crippen LogP contribution is 2.29. The Morgan fingerprint density at radius 3 is 2.78 bits per heavy atom. The SMILES string of the molecule is COCC(C)n1c(C)cc(/C=C(/C#N)C(=O)Nc2nnc(SCc3ccccc3)s2)c1C. The van der Waals surface area contributed by atoms with Crippen LogP contribution in [-0.2, 0) is 15.3 Å². The van der Waals surface area contributed by atoms with Gasteiger partial charge in [0.25, 0.3) is 5.91 Å². The number of rotatable bonds is 9. The first kappa shape index (κ1) is 23.7. The van der Waals surface area contributed by atoms with E-state index in [1.54, 1.807) is 24.9 Å². The number of hydrogen-bond acceptors (Lipinski definition) is 7. The fourth-order valence-corrected chi connectivity index (χ4v) is 5.15. The number of ether oxygens (including phenoxy) is 1. The molecule has 1 N–H and O–H groups in total. The van der Waals surface area contributed by atoms with Crippen molar-refractivity contribution in [2.45, 2.75) is 36.9 Å². The van der Waals surface area contributed by atoms with Crippen molar-refractivity contribution in [3.63, 3.8) is 0 Å². The van der Waals surface area contributed by atoms with Crippen molar-refractivity contribution in [3.8, 4) is 6.07 Å². The highest BCUT2D eigenvalue weighted by molar-refractivity contribution is 8.00. The van der Waals surface area contributed by atoms with E-state index in [2.05, 4.69) is 27.0 Å². The van der Waals surface area contributed by atoms with E-state index in [0.717, 1.165) is 27.0 Å². The third-order valence-electron chi connectivity index (χ3n) is 4.87. The van der Waals surface area contributed by atoms with Crippen LogP contribution in [0.25, 0.3) is 6.08 Å². The van der Waals surface area contributed by atoms with Gasteiger partial charge in [-0.15, -0.1) is 10.2 Å². The second-order valence-corrected chi connectivity index (χ2v) is 9.47. The number of thioether (sulfide) groups is 1. The number of aromatic nitrogens is 3. The van der Waals surface area contributed by atoms with Crippen LogP contribution in [0, 0.1) is 25.2 Å². The molecular weight excluding hydrogens is 442 g/mol. The molecule has 0 fully saturated rings. The van der Waals surface area contributed by atoms with Crippen LogP contribution in [0.5, 0.6) is 0 Å².